The number of urea groups is 1. The van der Waals surface area contributed by atoms with Gasteiger partial charge < -0.3 is 15.7 Å². The first-order chi connectivity index (χ1) is 8.59. The summed E-state index contributed by atoms with van der Waals surface area (Å²) in [4.78, 5) is 23.2. The Hall–Kier alpha value is -1.26. The Morgan fingerprint density at radius 1 is 1.26 bits per heavy atom. The zero-order valence-corrected chi connectivity index (χ0v) is 12.5. The first-order valence-corrected chi connectivity index (χ1v) is 6.89. The minimum atomic E-state index is -1.15. The second kappa shape index (κ2) is 5.39. The number of rotatable bonds is 6. The minimum absolute atomic E-state index is 0.0173. The Balaban J connectivity index is 2.53. The molecule has 110 valence electrons. The molecule has 2 amide bonds. The molecule has 1 rings (SSSR count). The molecule has 1 aliphatic rings. The lowest BCUT2D eigenvalue weighted by Crippen LogP contribution is -2.57. The van der Waals surface area contributed by atoms with Gasteiger partial charge in [0.15, 0.2) is 0 Å². The van der Waals surface area contributed by atoms with Gasteiger partial charge in [0.2, 0.25) is 0 Å². The summed E-state index contributed by atoms with van der Waals surface area (Å²) in [6.07, 6.45) is 1.72. The van der Waals surface area contributed by atoms with Crippen LogP contribution in [0.4, 0.5) is 4.79 Å². The van der Waals surface area contributed by atoms with Crippen LogP contribution in [0.5, 0.6) is 0 Å². The third-order valence-electron chi connectivity index (χ3n) is 4.48. The largest absolute Gasteiger partial charge is 0.480 e. The highest BCUT2D eigenvalue weighted by molar-refractivity contribution is 5.86. The maximum absolute atomic E-state index is 11.9. The summed E-state index contributed by atoms with van der Waals surface area (Å²) in [6, 6.07) is -0.398. The molecule has 1 fully saturated rings. The summed E-state index contributed by atoms with van der Waals surface area (Å²) in [5.41, 5.74) is -1.16. The molecule has 0 aromatic carbocycles. The molecule has 0 aromatic heterocycles. The highest BCUT2D eigenvalue weighted by atomic mass is 16.4. The van der Waals surface area contributed by atoms with E-state index in [4.69, 9.17) is 0 Å². The van der Waals surface area contributed by atoms with Gasteiger partial charge in [-0.2, -0.15) is 0 Å². The molecule has 1 aliphatic carbocycles. The average molecular weight is 270 g/mol. The number of aliphatic carboxylic acids is 1. The Labute approximate surface area is 115 Å². The van der Waals surface area contributed by atoms with Crippen molar-refractivity contribution in [2.75, 3.05) is 6.54 Å². The zero-order chi connectivity index (χ0) is 14.8. The van der Waals surface area contributed by atoms with Crippen LogP contribution < -0.4 is 10.6 Å². The van der Waals surface area contributed by atoms with Gasteiger partial charge in [-0.3, -0.25) is 0 Å². The summed E-state index contributed by atoms with van der Waals surface area (Å²) < 4.78 is 0. The van der Waals surface area contributed by atoms with Gasteiger partial charge >= 0.3 is 12.0 Å². The fourth-order valence-corrected chi connectivity index (χ4v) is 1.78. The van der Waals surface area contributed by atoms with Crippen LogP contribution in [0, 0.1) is 17.3 Å². The predicted octanol–water partition coefficient (Wildman–Crippen LogP) is 2.22. The van der Waals surface area contributed by atoms with Crippen LogP contribution in [-0.2, 0) is 4.79 Å². The number of nitrogens with one attached hydrogen (secondary N) is 2. The molecule has 0 aliphatic heterocycles. The van der Waals surface area contributed by atoms with Crippen molar-refractivity contribution in [1.82, 2.24) is 10.6 Å². The highest BCUT2D eigenvalue weighted by Gasteiger charge is 2.48. The molecule has 0 bridgehead atoms. The quantitative estimate of drug-likeness (QED) is 0.692. The van der Waals surface area contributed by atoms with Gasteiger partial charge in [-0.05, 0) is 37.0 Å². The maximum Gasteiger partial charge on any atom is 0.329 e. The maximum atomic E-state index is 11.9. The van der Waals surface area contributed by atoms with E-state index in [0.717, 1.165) is 12.8 Å². The van der Waals surface area contributed by atoms with Gasteiger partial charge in [-0.15, -0.1) is 0 Å². The minimum Gasteiger partial charge on any atom is -0.480 e. The van der Waals surface area contributed by atoms with Gasteiger partial charge in [0, 0.05) is 6.54 Å². The smallest absolute Gasteiger partial charge is 0.329 e. The average Bonchev–Trinajstić information content (AvgIpc) is 3.09. The fourth-order valence-electron chi connectivity index (χ4n) is 1.78. The van der Waals surface area contributed by atoms with E-state index in [1.165, 1.54) is 0 Å². The predicted molar refractivity (Wildman–Crippen MR) is 73.9 cm³/mol. The molecule has 3 N–H and O–H groups in total. The molecule has 0 saturated heterocycles. The van der Waals surface area contributed by atoms with Gasteiger partial charge in [0.1, 0.15) is 5.54 Å². The third kappa shape index (κ3) is 3.85. The molecule has 5 nitrogen and oxygen atoms in total. The number of carbonyl (C=O) groups excluding carboxylic acids is 1. The number of carboxylic acids is 1. The van der Waals surface area contributed by atoms with Gasteiger partial charge in [0.25, 0.3) is 0 Å². The van der Waals surface area contributed by atoms with Crippen molar-refractivity contribution in [1.29, 1.82) is 0 Å². The molecular weight excluding hydrogens is 244 g/mol. The summed E-state index contributed by atoms with van der Waals surface area (Å²) in [7, 11) is 0. The Kier molecular flexibility index (Phi) is 4.48. The van der Waals surface area contributed by atoms with Crippen LogP contribution in [-0.4, -0.2) is 29.2 Å². The highest BCUT2D eigenvalue weighted by Crippen LogP contribution is 2.39. The molecule has 1 atom stereocenters. The second-order valence-corrected chi connectivity index (χ2v) is 6.73. The summed E-state index contributed by atoms with van der Waals surface area (Å²) in [5.74, 6) is -0.482. The molecule has 0 spiro atoms. The molecule has 0 heterocycles. The Morgan fingerprint density at radius 3 is 2.16 bits per heavy atom. The van der Waals surface area contributed by atoms with Crippen molar-refractivity contribution in [2.24, 2.45) is 17.3 Å². The number of hydrogen-bond acceptors (Lipinski definition) is 2. The van der Waals surface area contributed by atoms with Crippen molar-refractivity contribution in [3.63, 3.8) is 0 Å². The molecular formula is C14H26N2O3. The van der Waals surface area contributed by atoms with Crippen LogP contribution in [0.2, 0.25) is 0 Å². The third-order valence-corrected chi connectivity index (χ3v) is 4.48. The topological polar surface area (TPSA) is 78.4 Å². The molecule has 5 heteroatoms. The standard InChI is InChI=1S/C14H26N2O3/c1-9(2)13(3,4)8-15-12(19)16-14(5,11(17)18)10-6-7-10/h9-10H,6-8H2,1-5H3,(H,17,18)(H2,15,16,19). The monoisotopic (exact) mass is 270 g/mol. The van der Waals surface area contributed by atoms with Crippen molar-refractivity contribution >= 4 is 12.0 Å². The molecule has 0 aromatic rings. The molecule has 19 heavy (non-hydrogen) atoms. The summed E-state index contributed by atoms with van der Waals surface area (Å²) >= 11 is 0. The lowest BCUT2D eigenvalue weighted by atomic mass is 9.81. The van der Waals surface area contributed by atoms with E-state index in [0.29, 0.717) is 12.5 Å². The molecule has 1 unspecified atom stereocenters. The fraction of sp³-hybridized carbons (Fsp3) is 0.857. The van der Waals surface area contributed by atoms with Gasteiger partial charge in [0.05, 0.1) is 0 Å². The number of carbonyl (C=O) groups is 2. The van der Waals surface area contributed by atoms with E-state index in [9.17, 15) is 14.7 Å². The van der Waals surface area contributed by atoms with Crippen molar-refractivity contribution in [3.8, 4) is 0 Å². The van der Waals surface area contributed by atoms with E-state index in [1.807, 2.05) is 0 Å². The SMILES string of the molecule is CC(C)C(C)(C)CNC(=O)NC(C)(C(=O)O)C1CC1. The van der Waals surface area contributed by atoms with Crippen LogP contribution in [0.15, 0.2) is 0 Å². The van der Waals surface area contributed by atoms with Crippen molar-refractivity contribution in [2.45, 2.75) is 53.0 Å². The summed E-state index contributed by atoms with van der Waals surface area (Å²) in [5, 5.41) is 14.7. The van der Waals surface area contributed by atoms with Crippen molar-refractivity contribution in [3.05, 3.63) is 0 Å². The lowest BCUT2D eigenvalue weighted by molar-refractivity contribution is -0.144. The van der Waals surface area contributed by atoms with E-state index < -0.39 is 17.5 Å². The number of hydrogen-bond donors (Lipinski definition) is 3. The van der Waals surface area contributed by atoms with Crippen LogP contribution in [0.3, 0.4) is 0 Å². The van der Waals surface area contributed by atoms with E-state index in [1.54, 1.807) is 6.92 Å². The van der Waals surface area contributed by atoms with E-state index in [2.05, 4.69) is 38.3 Å². The summed E-state index contributed by atoms with van der Waals surface area (Å²) in [6.45, 7) is 10.5. The Bertz CT molecular complexity index is 362. The van der Waals surface area contributed by atoms with E-state index >= 15 is 0 Å². The van der Waals surface area contributed by atoms with Crippen LogP contribution in [0.25, 0.3) is 0 Å². The second-order valence-electron chi connectivity index (χ2n) is 6.73. The van der Waals surface area contributed by atoms with Gasteiger partial charge in [-0.25, -0.2) is 9.59 Å². The first-order valence-electron chi connectivity index (χ1n) is 6.89. The normalized spacial score (nSPS) is 18.8. The Morgan fingerprint density at radius 2 is 1.79 bits per heavy atom. The lowest BCUT2D eigenvalue weighted by Gasteiger charge is -2.31. The van der Waals surface area contributed by atoms with Gasteiger partial charge in [-0.1, -0.05) is 27.7 Å². The van der Waals surface area contributed by atoms with Crippen LogP contribution in [0.1, 0.15) is 47.5 Å². The molecule has 0 radical (unpaired) electrons. The van der Waals surface area contributed by atoms with Crippen LogP contribution >= 0.6 is 0 Å². The number of carboxylic acid groups (broad SMARTS) is 1. The van der Waals surface area contributed by atoms with E-state index in [-0.39, 0.29) is 11.3 Å². The number of amides is 2. The van der Waals surface area contributed by atoms with Crippen molar-refractivity contribution < 1.29 is 14.7 Å². The first kappa shape index (κ1) is 15.8. The molecule has 1 saturated carbocycles. The zero-order valence-electron chi connectivity index (χ0n) is 12.5.